The largest absolute Gasteiger partial charge is 0.512 e. The molecule has 4 radical (unpaired) electrons. The Morgan fingerprint density at radius 1 is 0.370 bits per heavy atom. The van der Waals surface area contributed by atoms with Crippen LogP contribution in [-0.2, 0) is 133 Å². The fourth-order valence-corrected chi connectivity index (χ4v) is 15.6. The number of hydrogen-bond donors (Lipinski definition) is 4. The van der Waals surface area contributed by atoms with Gasteiger partial charge in [-0.3, -0.25) is 14.6 Å². The van der Waals surface area contributed by atoms with E-state index in [9.17, 15) is 33.0 Å². The Labute approximate surface area is 921 Å². The van der Waals surface area contributed by atoms with Crippen LogP contribution in [0.5, 0.6) is 11.5 Å². The third kappa shape index (κ3) is 32.2. The first-order valence-electron chi connectivity index (χ1n) is 45.9. The number of aromatic hydroxyl groups is 2. The molecule has 0 atom stereocenters. The first-order valence-corrected chi connectivity index (χ1v) is 45.9. The minimum atomic E-state index is -4.34. The molecule has 22 heteroatoms. The van der Waals surface area contributed by atoms with E-state index in [1.165, 1.54) is 84.1 Å². The Hall–Kier alpha value is -13.6. The molecule has 0 saturated carbocycles. The van der Waals surface area contributed by atoms with E-state index in [1.807, 2.05) is 220 Å². The maximum absolute atomic E-state index is 12.5. The van der Waals surface area contributed by atoms with E-state index < -0.39 is 11.7 Å². The van der Waals surface area contributed by atoms with Crippen molar-refractivity contribution in [2.75, 3.05) is 4.90 Å². The SMILES string of the molecule is CC(=O)C=C(C)O.CC(=O)C=C(C)O.CC(C)(C)c1cc(-c2cc(C(C)(C)C)cc(-c3ccccc3O)n2)nc(-c2ccccc2O)c1.CC1(C)c2ccc[c-]c2-c2nccc3cccc1c23.Cc1ccc(-c2[c-]cccc2)nc1.FC(F)(F)c1c[c-]c(-c2ccc3ccccc3n2)cc1.[Ir].[Ir].[Ir].[Ir].[Pt].[c-]1ccccc1-c1cc(N(c2ccccc2)c2ccccc2)ccn1.[c-]1ccccc1-c1nccc2ccccc12. The Morgan fingerprint density at radius 2 is 0.822 bits per heavy atom. The Morgan fingerprint density at radius 3 is 1.32 bits per heavy atom. The molecule has 14 nitrogen and oxygen atoms in total. The van der Waals surface area contributed by atoms with Gasteiger partial charge in [0, 0.05) is 167 Å². The van der Waals surface area contributed by atoms with Crippen LogP contribution < -0.4 is 4.90 Å². The second-order valence-electron chi connectivity index (χ2n) is 35.9. The molecule has 1 aliphatic carbocycles. The van der Waals surface area contributed by atoms with Gasteiger partial charge in [0.1, 0.15) is 11.5 Å². The zero-order chi connectivity index (χ0) is 100. The van der Waals surface area contributed by atoms with Crippen molar-refractivity contribution >= 4 is 61.1 Å². The molecule has 12 aromatic carbocycles. The molecule has 0 unspecified atom stereocenters. The van der Waals surface area contributed by atoms with Crippen molar-refractivity contribution in [3.05, 3.63) is 470 Å². The third-order valence-electron chi connectivity index (χ3n) is 22.6. The molecular weight excluding hydrogens is 2720 g/mol. The van der Waals surface area contributed by atoms with Gasteiger partial charge < -0.3 is 45.3 Å². The molecule has 7 aromatic heterocycles. The summed E-state index contributed by atoms with van der Waals surface area (Å²) in [5, 5.41) is 43.7. The molecule has 0 saturated heterocycles. The van der Waals surface area contributed by atoms with Gasteiger partial charge in [-0.05, 0) is 231 Å². The van der Waals surface area contributed by atoms with Gasteiger partial charge >= 0.3 is 6.18 Å². The molecule has 0 amide bonds. The van der Waals surface area contributed by atoms with E-state index in [0.717, 1.165) is 108 Å². The average molecular weight is 2830 g/mol. The number of para-hydroxylation sites is 5. The fourth-order valence-electron chi connectivity index (χ4n) is 15.6. The van der Waals surface area contributed by atoms with Gasteiger partial charge in [-0.15, -0.1) is 173 Å². The maximum Gasteiger partial charge on any atom is 0.381 e. The summed E-state index contributed by atoms with van der Waals surface area (Å²) in [7, 11) is 0. The molecule has 0 aliphatic heterocycles. The van der Waals surface area contributed by atoms with Crippen LogP contribution in [0.4, 0.5) is 30.2 Å². The molecule has 146 heavy (non-hydrogen) atoms. The number of pyridine rings is 7. The van der Waals surface area contributed by atoms with Gasteiger partial charge in [0.2, 0.25) is 0 Å². The van der Waals surface area contributed by atoms with Gasteiger partial charge in [-0.2, -0.15) is 13.2 Å². The number of aliphatic hydroxyl groups excluding tert-OH is 2. The summed E-state index contributed by atoms with van der Waals surface area (Å²) in [5.41, 5.74) is 22.8. The Balaban J connectivity index is 0.000000211. The summed E-state index contributed by atoms with van der Waals surface area (Å²) in [6.07, 6.45) is 5.45. The van der Waals surface area contributed by atoms with E-state index >= 15 is 0 Å². The van der Waals surface area contributed by atoms with Crippen LogP contribution in [0.1, 0.15) is 116 Å². The number of aromatic nitrogens is 7. The molecule has 1 aliphatic rings. The van der Waals surface area contributed by atoms with Crippen LogP contribution in [0.25, 0.3) is 123 Å². The zero-order valence-corrected chi connectivity index (χ0v) is 94.3. The fraction of sp³-hybridized carbons (Fsp3) is 0.137. The van der Waals surface area contributed by atoms with Crippen molar-refractivity contribution in [1.82, 2.24) is 34.9 Å². The van der Waals surface area contributed by atoms with Crippen LogP contribution in [0.3, 0.4) is 0 Å². The van der Waals surface area contributed by atoms with Gasteiger partial charge in [0.25, 0.3) is 0 Å². The average Bonchev–Trinajstić information content (AvgIpc) is 0.723. The first kappa shape index (κ1) is 118. The Kier molecular flexibility index (Phi) is 44.4. The molecule has 4 N–H and O–H groups in total. The van der Waals surface area contributed by atoms with Crippen LogP contribution in [0, 0.1) is 37.3 Å². The Bertz CT molecular complexity index is 7370. The van der Waals surface area contributed by atoms with Crippen molar-refractivity contribution in [2.45, 2.75) is 112 Å². The number of fused-ring (bicyclic) bond motifs is 4. The molecule has 0 bridgehead atoms. The van der Waals surface area contributed by atoms with E-state index in [4.69, 9.17) is 20.2 Å². The van der Waals surface area contributed by atoms with E-state index in [1.54, 1.807) is 30.3 Å². The second-order valence-corrected chi connectivity index (χ2v) is 35.9. The minimum Gasteiger partial charge on any atom is -0.512 e. The number of phenolic OH excluding ortho intramolecular Hbond substituents is 2. The first-order chi connectivity index (χ1) is 67.6. The van der Waals surface area contributed by atoms with Gasteiger partial charge in [-0.25, -0.2) is 9.97 Å². The van der Waals surface area contributed by atoms with Crippen molar-refractivity contribution < 1.29 is 145 Å². The molecule has 0 spiro atoms. The number of nitrogens with zero attached hydrogens (tertiary/aromatic N) is 8. The predicted molar refractivity (Wildman–Crippen MR) is 565 cm³/mol. The minimum absolute atomic E-state index is 0. The predicted octanol–water partition coefficient (Wildman–Crippen LogP) is 31.2. The summed E-state index contributed by atoms with van der Waals surface area (Å²) >= 11 is 0. The van der Waals surface area contributed by atoms with Crippen LogP contribution in [0.2, 0.25) is 0 Å². The number of carbonyl (C=O) groups is 2. The van der Waals surface area contributed by atoms with Crippen molar-refractivity contribution in [2.24, 2.45) is 0 Å². The molecule has 752 valence electrons. The van der Waals surface area contributed by atoms with E-state index in [0.29, 0.717) is 33.8 Å². The van der Waals surface area contributed by atoms with Crippen molar-refractivity contribution in [1.29, 1.82) is 0 Å². The summed E-state index contributed by atoms with van der Waals surface area (Å²) in [5.74, 6) is 0.261. The number of aliphatic hydroxyl groups is 2. The summed E-state index contributed by atoms with van der Waals surface area (Å²) in [6.45, 7) is 25.3. The topological polar surface area (TPSA) is 209 Å². The molecule has 7 heterocycles. The van der Waals surface area contributed by atoms with Gasteiger partial charge in [0.05, 0.1) is 39.8 Å². The van der Waals surface area contributed by atoms with Crippen LogP contribution in [0.15, 0.2) is 406 Å². The summed E-state index contributed by atoms with van der Waals surface area (Å²) < 4.78 is 37.5. The number of ketones is 2. The monoisotopic (exact) mass is 2830 g/mol. The van der Waals surface area contributed by atoms with Crippen molar-refractivity contribution in [3.8, 4) is 102 Å². The number of benzene rings is 12. The molecular formula is C124H108F3Ir4N8O6Pt-5. The molecule has 20 rings (SSSR count). The number of halogens is 3. The second kappa shape index (κ2) is 55.1. The van der Waals surface area contributed by atoms with Crippen LogP contribution in [-0.4, -0.2) is 66.9 Å². The number of anilines is 3. The van der Waals surface area contributed by atoms with Gasteiger partial charge in [-0.1, -0.05) is 207 Å². The number of rotatable bonds is 12. The maximum atomic E-state index is 12.5. The van der Waals surface area contributed by atoms with Gasteiger partial charge in [0.15, 0.2) is 11.6 Å². The standard InChI is InChI=1S/C30H32N2O2.C23H17N2.C18H14N.C16H9F3N.C15H10N.C12H10N.2C5H8O2.4Ir.Pt/c1-29(2,3)19-15-23(21-11-7-9-13-27(21)33)31-25(17-19)26-18-20(30(4,5)6)16-24(32-26)22-12-8-10-14-28(22)34;1-4-10-19(11-5-1)23-18-22(16-17-24-23)25(20-12-6-2-7-13-20)21-14-8-3-9-15-21;1-18(2)14-8-4-3-7-13(14)17-16-12(10-11-19-17)6-5-9-15(16)18;17-16(18,19)13-8-5-12(6-9-13)15-10-7-11-3-1-2-4-14(11)20-15;1-2-7-13(8-3-1)15-14-9-5-4-6-12(14)10-11-16-15;1-10-7-8-12(13-9-10)11-5-3-2-4-6-11;2*1-4(6)3-5(2)7;;;;;/h7-18,33-34H,1-6H3;1-10,12-18H;3-6,8-11H,1-2H3;1-5,7-10H;1-7,9-11H;2-5,7-9H,1H3;2*3,6H,1-2H3;;;;;/q;5*-1;;;;;;;. The number of alkyl halides is 3. The quantitative estimate of drug-likeness (QED) is 0.0510. The number of allylic oxidation sites excluding steroid dienone is 4. The summed E-state index contributed by atoms with van der Waals surface area (Å²) in [6, 6.07) is 131. The van der Waals surface area contributed by atoms with E-state index in [-0.39, 0.29) is 152 Å². The molecule has 0 fully saturated rings. The van der Waals surface area contributed by atoms with E-state index in [2.05, 4.69) is 237 Å². The smallest absolute Gasteiger partial charge is 0.381 e. The molecule has 19 aromatic rings. The third-order valence-corrected chi connectivity index (χ3v) is 22.6. The summed E-state index contributed by atoms with van der Waals surface area (Å²) in [4.78, 5) is 54.5. The van der Waals surface area contributed by atoms with Crippen molar-refractivity contribution in [3.63, 3.8) is 0 Å². The number of phenols is 2. The number of carbonyl (C=O) groups excluding carboxylic acids is 2. The number of hydrogen-bond acceptors (Lipinski definition) is 14. The zero-order valence-electron chi connectivity index (χ0n) is 82.5. The normalized spacial score (nSPS) is 11.3. The van der Waals surface area contributed by atoms with Crippen LogP contribution >= 0.6 is 0 Å². The number of aryl methyl sites for hydroxylation is 1.